The Kier molecular flexibility index (Phi) is 5.33. The van der Waals surface area contributed by atoms with Crippen molar-refractivity contribution in [3.63, 3.8) is 0 Å². The molecule has 0 spiro atoms. The van der Waals surface area contributed by atoms with Gasteiger partial charge in [-0.15, -0.1) is 0 Å². The normalized spacial score (nSPS) is 12.9. The number of benzene rings is 1. The Labute approximate surface area is 130 Å². The van der Waals surface area contributed by atoms with Gasteiger partial charge in [0.05, 0.1) is 6.04 Å². The van der Waals surface area contributed by atoms with Gasteiger partial charge in [-0.2, -0.15) is 4.98 Å². The van der Waals surface area contributed by atoms with Crippen LogP contribution in [-0.4, -0.2) is 34.7 Å². The van der Waals surface area contributed by atoms with Crippen LogP contribution in [0.25, 0.3) is 11.5 Å². The second kappa shape index (κ2) is 7.02. The molecule has 0 aliphatic carbocycles. The third-order valence-electron chi connectivity index (χ3n) is 3.54. The van der Waals surface area contributed by atoms with Crippen molar-refractivity contribution in [1.82, 2.24) is 15.0 Å². The summed E-state index contributed by atoms with van der Waals surface area (Å²) in [5.74, 6) is 1.01. The number of rotatable bonds is 6. The van der Waals surface area contributed by atoms with Gasteiger partial charge in [0.15, 0.2) is 5.82 Å². The van der Waals surface area contributed by atoms with Crippen molar-refractivity contribution in [3.05, 3.63) is 34.6 Å². The Morgan fingerprint density at radius 2 is 2.05 bits per heavy atom. The first-order valence-corrected chi connectivity index (χ1v) is 7.51. The van der Waals surface area contributed by atoms with E-state index in [0.717, 1.165) is 24.2 Å². The predicted molar refractivity (Wildman–Crippen MR) is 84.2 cm³/mol. The molecule has 114 valence electrons. The van der Waals surface area contributed by atoms with Crippen LogP contribution in [0, 0.1) is 6.92 Å². The quantitative estimate of drug-likeness (QED) is 0.888. The van der Waals surface area contributed by atoms with E-state index in [1.54, 1.807) is 0 Å². The van der Waals surface area contributed by atoms with E-state index in [9.17, 15) is 0 Å². The van der Waals surface area contributed by atoms with Gasteiger partial charge in [0.2, 0.25) is 0 Å². The Bertz CT molecular complexity index is 595. The van der Waals surface area contributed by atoms with E-state index in [-0.39, 0.29) is 6.04 Å². The molecule has 0 radical (unpaired) electrons. The minimum absolute atomic E-state index is 0.255. The largest absolute Gasteiger partial charge is 0.334 e. The van der Waals surface area contributed by atoms with Gasteiger partial charge < -0.3 is 15.2 Å². The zero-order valence-corrected chi connectivity index (χ0v) is 13.4. The van der Waals surface area contributed by atoms with Crippen LogP contribution in [0.5, 0.6) is 0 Å². The van der Waals surface area contributed by atoms with Gasteiger partial charge in [-0.05, 0) is 43.8 Å². The number of halogens is 1. The van der Waals surface area contributed by atoms with E-state index in [4.69, 9.17) is 21.9 Å². The fourth-order valence-electron chi connectivity index (χ4n) is 2.20. The van der Waals surface area contributed by atoms with Crippen molar-refractivity contribution in [2.45, 2.75) is 26.8 Å². The summed E-state index contributed by atoms with van der Waals surface area (Å²) in [5, 5.41) is 4.70. The fourth-order valence-corrected chi connectivity index (χ4v) is 2.43. The molecule has 2 rings (SSSR count). The van der Waals surface area contributed by atoms with Crippen LogP contribution in [-0.2, 0) is 0 Å². The van der Waals surface area contributed by atoms with Gasteiger partial charge in [-0.25, -0.2) is 0 Å². The Morgan fingerprint density at radius 1 is 1.33 bits per heavy atom. The highest BCUT2D eigenvalue weighted by Gasteiger charge is 2.18. The van der Waals surface area contributed by atoms with E-state index in [1.165, 1.54) is 0 Å². The van der Waals surface area contributed by atoms with Crippen molar-refractivity contribution < 1.29 is 4.52 Å². The van der Waals surface area contributed by atoms with Crippen LogP contribution in [0.2, 0.25) is 5.02 Å². The molecule has 0 saturated carbocycles. The second-order valence-corrected chi connectivity index (χ2v) is 5.45. The summed E-state index contributed by atoms with van der Waals surface area (Å²) in [6, 6.07) is 5.31. The smallest absolute Gasteiger partial charge is 0.258 e. The summed E-state index contributed by atoms with van der Waals surface area (Å²) < 4.78 is 5.34. The summed E-state index contributed by atoms with van der Waals surface area (Å²) in [5.41, 5.74) is 8.03. The summed E-state index contributed by atoms with van der Waals surface area (Å²) in [6.45, 7) is 8.78. The molecule has 0 fully saturated rings. The molecule has 2 N–H and O–H groups in total. The number of nitrogens with two attached hydrogens (primary N) is 1. The lowest BCUT2D eigenvalue weighted by Crippen LogP contribution is -2.32. The highest BCUT2D eigenvalue weighted by atomic mass is 35.5. The first kappa shape index (κ1) is 15.9. The molecule has 1 aromatic heterocycles. The van der Waals surface area contributed by atoms with E-state index in [0.29, 0.717) is 23.3 Å². The zero-order valence-electron chi connectivity index (χ0n) is 12.6. The van der Waals surface area contributed by atoms with E-state index < -0.39 is 0 Å². The number of nitrogens with zero attached hydrogens (tertiary/aromatic N) is 3. The summed E-state index contributed by atoms with van der Waals surface area (Å²) in [4.78, 5) is 6.65. The molecule has 1 atom stereocenters. The van der Waals surface area contributed by atoms with Gasteiger partial charge in [0.25, 0.3) is 5.89 Å². The first-order valence-electron chi connectivity index (χ1n) is 7.13. The van der Waals surface area contributed by atoms with Gasteiger partial charge >= 0.3 is 0 Å². The molecule has 0 saturated heterocycles. The van der Waals surface area contributed by atoms with Crippen molar-refractivity contribution in [2.24, 2.45) is 5.73 Å². The van der Waals surface area contributed by atoms with Crippen molar-refractivity contribution >= 4 is 11.6 Å². The fraction of sp³-hybridized carbons (Fsp3) is 0.467. The van der Waals surface area contributed by atoms with Crippen LogP contribution < -0.4 is 5.73 Å². The van der Waals surface area contributed by atoms with E-state index >= 15 is 0 Å². The third-order valence-corrected chi connectivity index (χ3v) is 3.78. The van der Waals surface area contributed by atoms with E-state index in [2.05, 4.69) is 28.9 Å². The summed E-state index contributed by atoms with van der Waals surface area (Å²) in [6.07, 6.45) is 0. The molecule has 0 aliphatic rings. The highest BCUT2D eigenvalue weighted by Crippen LogP contribution is 2.25. The molecule has 21 heavy (non-hydrogen) atoms. The number of likely N-dealkylation sites (N-methyl/N-ethyl adjacent to an activating group) is 1. The number of hydrogen-bond donors (Lipinski definition) is 1. The second-order valence-electron chi connectivity index (χ2n) is 5.01. The number of aryl methyl sites for hydroxylation is 1. The Hall–Kier alpha value is -1.43. The molecule has 0 aliphatic heterocycles. The SMILES string of the molecule is CCN(CC)CC(N)c1noc(-c2ccc(Cl)cc2C)n1. The topological polar surface area (TPSA) is 68.2 Å². The van der Waals surface area contributed by atoms with Crippen molar-refractivity contribution in [2.75, 3.05) is 19.6 Å². The van der Waals surface area contributed by atoms with Crippen LogP contribution in [0.3, 0.4) is 0 Å². The predicted octanol–water partition coefficient (Wildman–Crippen LogP) is 3.04. The lowest BCUT2D eigenvalue weighted by Gasteiger charge is -2.20. The van der Waals surface area contributed by atoms with E-state index in [1.807, 2.05) is 25.1 Å². The van der Waals surface area contributed by atoms with Crippen LogP contribution >= 0.6 is 11.6 Å². The molecule has 1 aromatic carbocycles. The summed E-state index contributed by atoms with van der Waals surface area (Å²) in [7, 11) is 0. The van der Waals surface area contributed by atoms with Crippen LogP contribution in [0.4, 0.5) is 0 Å². The maximum Gasteiger partial charge on any atom is 0.258 e. The standard InChI is InChI=1S/C15H21ClN4O/c1-4-20(5-2)9-13(17)14-18-15(21-19-14)12-7-6-11(16)8-10(12)3/h6-8,13H,4-5,9,17H2,1-3H3. The molecular formula is C15H21ClN4O. The molecule has 0 bridgehead atoms. The molecule has 0 amide bonds. The van der Waals surface area contributed by atoms with Crippen molar-refractivity contribution in [3.8, 4) is 11.5 Å². The van der Waals surface area contributed by atoms with Crippen LogP contribution in [0.15, 0.2) is 22.7 Å². The van der Waals surface area contributed by atoms with Gasteiger partial charge in [-0.1, -0.05) is 30.6 Å². The lowest BCUT2D eigenvalue weighted by molar-refractivity contribution is 0.278. The van der Waals surface area contributed by atoms with Crippen LogP contribution in [0.1, 0.15) is 31.3 Å². The maximum atomic E-state index is 6.15. The zero-order chi connectivity index (χ0) is 15.4. The third kappa shape index (κ3) is 3.81. The molecule has 1 unspecified atom stereocenters. The average molecular weight is 309 g/mol. The van der Waals surface area contributed by atoms with Gasteiger partial charge in [0, 0.05) is 17.1 Å². The average Bonchev–Trinajstić information content (AvgIpc) is 2.94. The number of hydrogen-bond acceptors (Lipinski definition) is 5. The molecule has 1 heterocycles. The molecule has 2 aromatic rings. The van der Waals surface area contributed by atoms with Gasteiger partial charge in [-0.3, -0.25) is 0 Å². The Morgan fingerprint density at radius 3 is 2.67 bits per heavy atom. The molecule has 5 nitrogen and oxygen atoms in total. The first-order chi connectivity index (χ1) is 10.0. The minimum Gasteiger partial charge on any atom is -0.334 e. The summed E-state index contributed by atoms with van der Waals surface area (Å²) >= 11 is 5.96. The van der Waals surface area contributed by atoms with Gasteiger partial charge in [0.1, 0.15) is 0 Å². The molecular weight excluding hydrogens is 288 g/mol. The minimum atomic E-state index is -0.255. The van der Waals surface area contributed by atoms with Crippen molar-refractivity contribution in [1.29, 1.82) is 0 Å². The number of aromatic nitrogens is 2. The maximum absolute atomic E-state index is 6.15. The monoisotopic (exact) mass is 308 g/mol. The molecule has 6 heteroatoms. The lowest BCUT2D eigenvalue weighted by atomic mass is 10.1. The highest BCUT2D eigenvalue weighted by molar-refractivity contribution is 6.30. The Balaban J connectivity index is 2.17.